The zero-order chi connectivity index (χ0) is 17.2. The predicted octanol–water partition coefficient (Wildman–Crippen LogP) is 1.75. The molecule has 23 heavy (non-hydrogen) atoms. The Balaban J connectivity index is 2.98. The lowest BCUT2D eigenvalue weighted by Gasteiger charge is -2.29. The van der Waals surface area contributed by atoms with Crippen LogP contribution in [0.3, 0.4) is 0 Å². The maximum absolute atomic E-state index is 12.2. The van der Waals surface area contributed by atoms with Crippen LogP contribution >= 0.6 is 11.6 Å². The molecule has 126 valence electrons. The molecule has 0 fully saturated rings. The highest BCUT2D eigenvalue weighted by Crippen LogP contribution is 2.15. The highest BCUT2D eigenvalue weighted by atomic mass is 35.5. The SMILES string of the molecule is COC(=O)CC[C@@H](C(=O)OC)N(Cc1ccccc1)C(=O)CCl. The van der Waals surface area contributed by atoms with E-state index in [1.807, 2.05) is 30.3 Å². The fraction of sp³-hybridized carbons (Fsp3) is 0.438. The van der Waals surface area contributed by atoms with Gasteiger partial charge in [0.2, 0.25) is 5.91 Å². The molecule has 0 heterocycles. The molecule has 0 aliphatic carbocycles. The molecule has 6 nitrogen and oxygen atoms in total. The van der Waals surface area contributed by atoms with E-state index in [2.05, 4.69) is 4.74 Å². The van der Waals surface area contributed by atoms with Gasteiger partial charge < -0.3 is 14.4 Å². The van der Waals surface area contributed by atoms with Gasteiger partial charge in [0.05, 0.1) is 14.2 Å². The first-order valence-corrected chi connectivity index (χ1v) is 7.61. The molecule has 0 saturated carbocycles. The highest BCUT2D eigenvalue weighted by Gasteiger charge is 2.30. The molecule has 0 aromatic heterocycles. The molecule has 0 spiro atoms. The second-order valence-corrected chi connectivity index (χ2v) is 5.06. The third-order valence-corrected chi connectivity index (χ3v) is 3.56. The standard InChI is InChI=1S/C16H20ClNO5/c1-22-15(20)9-8-13(16(21)23-2)18(14(19)10-17)11-12-6-4-3-5-7-12/h3-7,13H,8-11H2,1-2H3/t13-/m0/s1. The molecule has 0 bridgehead atoms. The topological polar surface area (TPSA) is 72.9 Å². The summed E-state index contributed by atoms with van der Waals surface area (Å²) < 4.78 is 9.34. The first-order valence-electron chi connectivity index (χ1n) is 7.07. The Labute approximate surface area is 140 Å². The van der Waals surface area contributed by atoms with Crippen LogP contribution in [0.1, 0.15) is 18.4 Å². The fourth-order valence-corrected chi connectivity index (χ4v) is 2.28. The van der Waals surface area contributed by atoms with Crippen molar-refractivity contribution in [3.63, 3.8) is 0 Å². The number of rotatable bonds is 8. The Morgan fingerprint density at radius 3 is 2.30 bits per heavy atom. The van der Waals surface area contributed by atoms with E-state index in [1.54, 1.807) is 0 Å². The van der Waals surface area contributed by atoms with Gasteiger partial charge in [0.1, 0.15) is 11.9 Å². The van der Waals surface area contributed by atoms with Gasteiger partial charge in [-0.25, -0.2) is 4.79 Å². The van der Waals surface area contributed by atoms with Gasteiger partial charge >= 0.3 is 11.9 Å². The average molecular weight is 342 g/mol. The number of methoxy groups -OCH3 is 2. The van der Waals surface area contributed by atoms with Crippen molar-refractivity contribution in [2.75, 3.05) is 20.1 Å². The number of nitrogens with zero attached hydrogens (tertiary/aromatic N) is 1. The van der Waals surface area contributed by atoms with Gasteiger partial charge in [0.15, 0.2) is 0 Å². The zero-order valence-corrected chi connectivity index (χ0v) is 13.9. The van der Waals surface area contributed by atoms with Crippen LogP contribution in [0.4, 0.5) is 0 Å². The third-order valence-electron chi connectivity index (χ3n) is 3.33. The van der Waals surface area contributed by atoms with Crippen LogP contribution in [-0.4, -0.2) is 48.9 Å². The van der Waals surface area contributed by atoms with Gasteiger partial charge in [0, 0.05) is 13.0 Å². The molecule has 1 aromatic rings. The summed E-state index contributed by atoms with van der Waals surface area (Å²) in [7, 11) is 2.50. The molecule has 0 radical (unpaired) electrons. The minimum absolute atomic E-state index is 0.00286. The van der Waals surface area contributed by atoms with Crippen molar-refractivity contribution >= 4 is 29.4 Å². The van der Waals surface area contributed by atoms with E-state index in [1.165, 1.54) is 19.1 Å². The van der Waals surface area contributed by atoms with Crippen molar-refractivity contribution < 1.29 is 23.9 Å². The van der Waals surface area contributed by atoms with Crippen LogP contribution in [0.5, 0.6) is 0 Å². The first-order chi connectivity index (χ1) is 11.0. The van der Waals surface area contributed by atoms with Gasteiger partial charge in [-0.3, -0.25) is 9.59 Å². The Hall–Kier alpha value is -2.08. The van der Waals surface area contributed by atoms with Crippen molar-refractivity contribution in [2.45, 2.75) is 25.4 Å². The van der Waals surface area contributed by atoms with Crippen molar-refractivity contribution in [3.05, 3.63) is 35.9 Å². The number of amides is 1. The van der Waals surface area contributed by atoms with E-state index in [0.29, 0.717) is 0 Å². The number of hydrogen-bond donors (Lipinski definition) is 0. The van der Waals surface area contributed by atoms with Gasteiger partial charge in [-0.05, 0) is 12.0 Å². The molecule has 1 aromatic carbocycles. The van der Waals surface area contributed by atoms with Crippen LogP contribution in [-0.2, 0) is 30.4 Å². The van der Waals surface area contributed by atoms with E-state index >= 15 is 0 Å². The molecule has 1 amide bonds. The number of benzene rings is 1. The molecule has 7 heteroatoms. The summed E-state index contributed by atoms with van der Waals surface area (Å²) in [5.74, 6) is -1.73. The van der Waals surface area contributed by atoms with E-state index < -0.39 is 23.9 Å². The largest absolute Gasteiger partial charge is 0.469 e. The molecule has 0 aliphatic heterocycles. The summed E-state index contributed by atoms with van der Waals surface area (Å²) in [6.45, 7) is 0.202. The molecular formula is C16H20ClNO5. The van der Waals surface area contributed by atoms with Gasteiger partial charge in [0.25, 0.3) is 0 Å². The highest BCUT2D eigenvalue weighted by molar-refractivity contribution is 6.27. The third kappa shape index (κ3) is 5.90. The molecule has 1 atom stereocenters. The lowest BCUT2D eigenvalue weighted by molar-refractivity contribution is -0.153. The average Bonchev–Trinajstić information content (AvgIpc) is 2.60. The number of hydrogen-bond acceptors (Lipinski definition) is 5. The van der Waals surface area contributed by atoms with Gasteiger partial charge in [-0.2, -0.15) is 0 Å². The number of esters is 2. The minimum atomic E-state index is -0.898. The van der Waals surface area contributed by atoms with E-state index in [0.717, 1.165) is 5.56 Å². The van der Waals surface area contributed by atoms with E-state index in [4.69, 9.17) is 16.3 Å². The van der Waals surface area contributed by atoms with Crippen LogP contribution in [0.2, 0.25) is 0 Å². The van der Waals surface area contributed by atoms with E-state index in [-0.39, 0.29) is 25.3 Å². The molecule has 0 unspecified atom stereocenters. The van der Waals surface area contributed by atoms with Crippen LogP contribution in [0.15, 0.2) is 30.3 Å². The molecule has 0 aliphatic rings. The summed E-state index contributed by atoms with van der Waals surface area (Å²) >= 11 is 5.66. The Morgan fingerprint density at radius 2 is 1.78 bits per heavy atom. The monoisotopic (exact) mass is 341 g/mol. The molecular weight excluding hydrogens is 322 g/mol. The van der Waals surface area contributed by atoms with Gasteiger partial charge in [-0.1, -0.05) is 30.3 Å². The van der Waals surface area contributed by atoms with Crippen molar-refractivity contribution in [1.82, 2.24) is 4.90 Å². The number of carbonyl (C=O) groups is 3. The van der Waals surface area contributed by atoms with Gasteiger partial charge in [-0.15, -0.1) is 11.6 Å². The maximum atomic E-state index is 12.2. The number of alkyl halides is 1. The van der Waals surface area contributed by atoms with Crippen LogP contribution in [0.25, 0.3) is 0 Å². The Morgan fingerprint density at radius 1 is 1.13 bits per heavy atom. The first kappa shape index (κ1) is 19.0. The second kappa shape index (κ2) is 9.84. The number of carbonyl (C=O) groups excluding carboxylic acids is 3. The molecule has 1 rings (SSSR count). The normalized spacial score (nSPS) is 11.4. The second-order valence-electron chi connectivity index (χ2n) is 4.79. The predicted molar refractivity (Wildman–Crippen MR) is 84.8 cm³/mol. The smallest absolute Gasteiger partial charge is 0.328 e. The summed E-state index contributed by atoms with van der Waals surface area (Å²) in [5.41, 5.74) is 0.845. The van der Waals surface area contributed by atoms with Crippen molar-refractivity contribution in [2.24, 2.45) is 0 Å². The zero-order valence-electron chi connectivity index (χ0n) is 13.2. The minimum Gasteiger partial charge on any atom is -0.469 e. The lowest BCUT2D eigenvalue weighted by Crippen LogP contribution is -2.46. The summed E-state index contributed by atoms with van der Waals surface area (Å²) in [4.78, 5) is 36.9. The summed E-state index contributed by atoms with van der Waals surface area (Å²) in [6, 6.07) is 8.30. The Kier molecular flexibility index (Phi) is 8.11. The molecule has 0 saturated heterocycles. The number of ether oxygens (including phenoxy) is 2. The van der Waals surface area contributed by atoms with Crippen molar-refractivity contribution in [3.8, 4) is 0 Å². The lowest BCUT2D eigenvalue weighted by atomic mass is 10.1. The summed E-state index contributed by atoms with van der Waals surface area (Å²) in [5, 5.41) is 0. The van der Waals surface area contributed by atoms with Crippen LogP contribution < -0.4 is 0 Å². The van der Waals surface area contributed by atoms with Crippen molar-refractivity contribution in [1.29, 1.82) is 0 Å². The number of halogens is 1. The van der Waals surface area contributed by atoms with E-state index in [9.17, 15) is 14.4 Å². The quantitative estimate of drug-likeness (QED) is 0.532. The fourth-order valence-electron chi connectivity index (χ4n) is 2.12. The van der Waals surface area contributed by atoms with Crippen LogP contribution in [0, 0.1) is 0 Å². The molecule has 0 N–H and O–H groups in total. The Bertz CT molecular complexity index is 535. The maximum Gasteiger partial charge on any atom is 0.328 e. The summed E-state index contributed by atoms with van der Waals surface area (Å²) in [6.07, 6.45) is 0.103.